The summed E-state index contributed by atoms with van der Waals surface area (Å²) in [5, 5.41) is 7.11. The second-order valence-corrected chi connectivity index (χ2v) is 7.22. The van der Waals surface area contributed by atoms with Crippen LogP contribution in [0.15, 0.2) is 69.0 Å². The Kier molecular flexibility index (Phi) is 4.96. The van der Waals surface area contributed by atoms with Crippen molar-refractivity contribution in [1.29, 1.82) is 0 Å². The molecule has 0 fully saturated rings. The van der Waals surface area contributed by atoms with Crippen molar-refractivity contribution in [2.24, 2.45) is 5.10 Å². The number of nitrogens with zero attached hydrogens (tertiary/aromatic N) is 3. The molecule has 4 aromatic rings. The predicted octanol–water partition coefficient (Wildman–Crippen LogP) is 4.77. The van der Waals surface area contributed by atoms with Crippen LogP contribution >= 0.6 is 15.9 Å². The molecule has 4 rings (SSSR count). The monoisotopic (exact) mass is 435 g/mol. The maximum atomic E-state index is 13.1. The van der Waals surface area contributed by atoms with E-state index in [4.69, 9.17) is 4.74 Å². The van der Waals surface area contributed by atoms with Gasteiger partial charge in [0.15, 0.2) is 0 Å². The van der Waals surface area contributed by atoms with Gasteiger partial charge in [0.05, 0.1) is 24.2 Å². The molecule has 0 N–H and O–H groups in total. The summed E-state index contributed by atoms with van der Waals surface area (Å²) >= 11 is 3.42. The minimum absolute atomic E-state index is 0.196. The summed E-state index contributed by atoms with van der Waals surface area (Å²) in [6, 6.07) is 17.4. The SMILES string of the molecule is CCc1nc2ccc(Br)cc2c(=O)n1N=Cc1c(OC)ccc2ccccc12. The minimum Gasteiger partial charge on any atom is -0.496 e. The highest BCUT2D eigenvalue weighted by molar-refractivity contribution is 9.10. The molecule has 1 aromatic heterocycles. The average Bonchev–Trinajstić information content (AvgIpc) is 2.73. The molecule has 0 radical (unpaired) electrons. The van der Waals surface area contributed by atoms with E-state index in [0.29, 0.717) is 28.9 Å². The van der Waals surface area contributed by atoms with Crippen LogP contribution in [-0.4, -0.2) is 23.0 Å². The molecule has 0 saturated carbocycles. The molecule has 5 nitrogen and oxygen atoms in total. The van der Waals surface area contributed by atoms with Crippen molar-refractivity contribution in [2.45, 2.75) is 13.3 Å². The number of aryl methyl sites for hydroxylation is 1. The van der Waals surface area contributed by atoms with Gasteiger partial charge in [-0.3, -0.25) is 4.79 Å². The second kappa shape index (κ2) is 7.56. The summed E-state index contributed by atoms with van der Waals surface area (Å²) in [6.45, 7) is 1.96. The molecule has 28 heavy (non-hydrogen) atoms. The van der Waals surface area contributed by atoms with E-state index in [1.165, 1.54) is 4.68 Å². The highest BCUT2D eigenvalue weighted by atomic mass is 79.9. The lowest BCUT2D eigenvalue weighted by molar-refractivity contribution is 0.415. The number of hydrogen-bond donors (Lipinski definition) is 0. The van der Waals surface area contributed by atoms with Crippen LogP contribution < -0.4 is 10.3 Å². The number of fused-ring (bicyclic) bond motifs is 2. The molecular formula is C22H18BrN3O2. The molecule has 0 bridgehead atoms. The zero-order valence-electron chi connectivity index (χ0n) is 15.5. The van der Waals surface area contributed by atoms with Gasteiger partial charge in [0.1, 0.15) is 11.6 Å². The van der Waals surface area contributed by atoms with Crippen LogP contribution in [0.25, 0.3) is 21.7 Å². The first-order chi connectivity index (χ1) is 13.6. The Balaban J connectivity index is 1.93. The lowest BCUT2D eigenvalue weighted by Gasteiger charge is -2.10. The Bertz CT molecular complexity index is 1280. The van der Waals surface area contributed by atoms with Crippen LogP contribution in [0.2, 0.25) is 0 Å². The van der Waals surface area contributed by atoms with Crippen molar-refractivity contribution in [3.8, 4) is 5.75 Å². The van der Waals surface area contributed by atoms with Crippen molar-refractivity contribution >= 4 is 43.8 Å². The largest absolute Gasteiger partial charge is 0.496 e. The van der Waals surface area contributed by atoms with Gasteiger partial charge in [-0.25, -0.2) is 4.98 Å². The number of rotatable bonds is 4. The lowest BCUT2D eigenvalue weighted by atomic mass is 10.0. The molecule has 3 aromatic carbocycles. The third kappa shape index (κ3) is 3.20. The zero-order chi connectivity index (χ0) is 19.7. The molecule has 0 aliphatic heterocycles. The molecule has 6 heteroatoms. The molecular weight excluding hydrogens is 418 g/mol. The summed E-state index contributed by atoms with van der Waals surface area (Å²) in [6.07, 6.45) is 2.26. The maximum Gasteiger partial charge on any atom is 0.282 e. The van der Waals surface area contributed by atoms with Gasteiger partial charge in [0.25, 0.3) is 5.56 Å². The number of aromatic nitrogens is 2. The Morgan fingerprint density at radius 2 is 1.96 bits per heavy atom. The van der Waals surface area contributed by atoms with E-state index in [-0.39, 0.29) is 5.56 Å². The molecule has 0 aliphatic rings. The van der Waals surface area contributed by atoms with Crippen LogP contribution in [0.3, 0.4) is 0 Å². The van der Waals surface area contributed by atoms with E-state index >= 15 is 0 Å². The smallest absolute Gasteiger partial charge is 0.282 e. The van der Waals surface area contributed by atoms with Crippen molar-refractivity contribution in [1.82, 2.24) is 9.66 Å². The Hall–Kier alpha value is -2.99. The first-order valence-electron chi connectivity index (χ1n) is 8.93. The molecule has 140 valence electrons. The number of halogens is 1. The van der Waals surface area contributed by atoms with Crippen molar-refractivity contribution in [3.63, 3.8) is 0 Å². The highest BCUT2D eigenvalue weighted by Gasteiger charge is 2.11. The number of ether oxygens (including phenoxy) is 1. The maximum absolute atomic E-state index is 13.1. The Labute approximate surface area is 170 Å². The fourth-order valence-corrected chi connectivity index (χ4v) is 3.61. The standard InChI is InChI=1S/C22H18BrN3O2/c1-3-21-25-19-10-9-15(23)12-17(19)22(27)26(21)24-13-18-16-7-5-4-6-14(16)8-11-20(18)28-2/h4-13H,3H2,1-2H3. The quantitative estimate of drug-likeness (QED) is 0.434. The molecule has 0 unspecified atom stereocenters. The van der Waals surface area contributed by atoms with Crippen LogP contribution in [0, 0.1) is 0 Å². The van der Waals surface area contributed by atoms with Gasteiger partial charge >= 0.3 is 0 Å². The average molecular weight is 436 g/mol. The molecule has 0 atom stereocenters. The Morgan fingerprint density at radius 1 is 1.14 bits per heavy atom. The van der Waals surface area contributed by atoms with Gasteiger partial charge in [-0.15, -0.1) is 0 Å². The van der Waals surface area contributed by atoms with E-state index in [2.05, 4.69) is 26.0 Å². The second-order valence-electron chi connectivity index (χ2n) is 6.31. The number of hydrogen-bond acceptors (Lipinski definition) is 4. The van der Waals surface area contributed by atoms with Crippen LogP contribution in [0.4, 0.5) is 0 Å². The van der Waals surface area contributed by atoms with E-state index in [1.807, 2.05) is 55.5 Å². The van der Waals surface area contributed by atoms with Gasteiger partial charge in [0, 0.05) is 16.5 Å². The summed E-state index contributed by atoms with van der Waals surface area (Å²) in [7, 11) is 1.63. The highest BCUT2D eigenvalue weighted by Crippen LogP contribution is 2.26. The summed E-state index contributed by atoms with van der Waals surface area (Å²) < 4.78 is 7.71. The van der Waals surface area contributed by atoms with E-state index in [9.17, 15) is 4.79 Å². The number of benzene rings is 3. The van der Waals surface area contributed by atoms with Gasteiger partial charge in [-0.05, 0) is 35.0 Å². The number of methoxy groups -OCH3 is 1. The molecule has 0 aliphatic carbocycles. The van der Waals surface area contributed by atoms with Crippen LogP contribution in [0.5, 0.6) is 5.75 Å². The third-order valence-electron chi connectivity index (χ3n) is 4.64. The first kappa shape index (κ1) is 18.4. The van der Waals surface area contributed by atoms with E-state index < -0.39 is 0 Å². The predicted molar refractivity (Wildman–Crippen MR) is 117 cm³/mol. The van der Waals surface area contributed by atoms with Crippen molar-refractivity contribution in [2.75, 3.05) is 7.11 Å². The first-order valence-corrected chi connectivity index (χ1v) is 9.73. The van der Waals surface area contributed by atoms with Gasteiger partial charge in [0.2, 0.25) is 0 Å². The van der Waals surface area contributed by atoms with Crippen LogP contribution in [-0.2, 0) is 6.42 Å². The molecule has 0 saturated heterocycles. The normalized spacial score (nSPS) is 11.5. The molecule has 0 amide bonds. The van der Waals surface area contributed by atoms with Crippen LogP contribution in [0.1, 0.15) is 18.3 Å². The van der Waals surface area contributed by atoms with Gasteiger partial charge in [-0.2, -0.15) is 9.78 Å². The van der Waals surface area contributed by atoms with Gasteiger partial charge < -0.3 is 4.74 Å². The van der Waals surface area contributed by atoms with E-state index in [1.54, 1.807) is 19.4 Å². The fourth-order valence-electron chi connectivity index (χ4n) is 3.24. The summed E-state index contributed by atoms with van der Waals surface area (Å²) in [5.74, 6) is 1.31. The zero-order valence-corrected chi connectivity index (χ0v) is 17.1. The van der Waals surface area contributed by atoms with E-state index in [0.717, 1.165) is 20.8 Å². The van der Waals surface area contributed by atoms with Crippen molar-refractivity contribution < 1.29 is 4.74 Å². The third-order valence-corrected chi connectivity index (χ3v) is 5.14. The fraction of sp³-hybridized carbons (Fsp3) is 0.136. The van der Waals surface area contributed by atoms with Crippen molar-refractivity contribution in [3.05, 3.63) is 80.8 Å². The topological polar surface area (TPSA) is 56.5 Å². The molecule has 0 spiro atoms. The lowest BCUT2D eigenvalue weighted by Crippen LogP contribution is -2.22. The summed E-state index contributed by atoms with van der Waals surface area (Å²) in [5.41, 5.74) is 1.29. The molecule has 1 heterocycles. The van der Waals surface area contributed by atoms with Gasteiger partial charge in [-0.1, -0.05) is 53.2 Å². The Morgan fingerprint density at radius 3 is 2.75 bits per heavy atom. The minimum atomic E-state index is -0.196. The summed E-state index contributed by atoms with van der Waals surface area (Å²) in [4.78, 5) is 17.7.